The minimum Gasteiger partial charge on any atom is -0.353 e. The molecular formula is C22H32N4O3. The highest BCUT2D eigenvalue weighted by atomic mass is 16.2. The summed E-state index contributed by atoms with van der Waals surface area (Å²) in [5.41, 5.74) is 0.539. The minimum absolute atomic E-state index is 0.190. The normalized spacial score (nSPS) is 19.0. The van der Waals surface area contributed by atoms with Crippen LogP contribution in [0.1, 0.15) is 43.0 Å². The first-order valence-electron chi connectivity index (χ1n) is 10.7. The Labute approximate surface area is 172 Å². The Hall–Kier alpha value is -2.41. The van der Waals surface area contributed by atoms with Crippen molar-refractivity contribution in [3.8, 4) is 0 Å². The molecule has 0 spiro atoms. The van der Waals surface area contributed by atoms with Gasteiger partial charge in [-0.05, 0) is 31.9 Å². The summed E-state index contributed by atoms with van der Waals surface area (Å²) in [4.78, 5) is 41.1. The van der Waals surface area contributed by atoms with Crippen LogP contribution in [-0.2, 0) is 9.59 Å². The van der Waals surface area contributed by atoms with Gasteiger partial charge in [0, 0.05) is 50.7 Å². The van der Waals surface area contributed by atoms with Crippen molar-refractivity contribution in [1.29, 1.82) is 0 Å². The van der Waals surface area contributed by atoms with Crippen LogP contribution in [0.15, 0.2) is 30.3 Å². The number of hydrogen-bond acceptors (Lipinski definition) is 4. The lowest BCUT2D eigenvalue weighted by Gasteiger charge is -2.36. The van der Waals surface area contributed by atoms with E-state index in [0.717, 1.165) is 45.6 Å². The van der Waals surface area contributed by atoms with Crippen LogP contribution in [0.25, 0.3) is 0 Å². The van der Waals surface area contributed by atoms with E-state index in [-0.39, 0.29) is 17.7 Å². The molecule has 1 heterocycles. The summed E-state index contributed by atoms with van der Waals surface area (Å²) in [6.45, 7) is 6.18. The SMILES string of the molecule is CC(NC(=O)c1ccccc1)C(=O)NCCN1CCN(C(=O)C2CCCC2)CC1. The van der Waals surface area contributed by atoms with Crippen LogP contribution in [-0.4, -0.2) is 72.8 Å². The molecule has 158 valence electrons. The molecule has 1 aromatic carbocycles. The number of hydrogen-bond donors (Lipinski definition) is 2. The van der Waals surface area contributed by atoms with Gasteiger partial charge in [0.15, 0.2) is 0 Å². The van der Waals surface area contributed by atoms with Gasteiger partial charge in [-0.1, -0.05) is 31.0 Å². The first kappa shape index (κ1) is 21.3. The zero-order chi connectivity index (χ0) is 20.6. The fraction of sp³-hybridized carbons (Fsp3) is 0.591. The highest BCUT2D eigenvalue weighted by Crippen LogP contribution is 2.26. The zero-order valence-corrected chi connectivity index (χ0v) is 17.2. The lowest BCUT2D eigenvalue weighted by molar-refractivity contribution is -0.137. The first-order chi connectivity index (χ1) is 14.0. The van der Waals surface area contributed by atoms with Gasteiger partial charge in [0.05, 0.1) is 0 Å². The van der Waals surface area contributed by atoms with Gasteiger partial charge < -0.3 is 15.5 Å². The summed E-state index contributed by atoms with van der Waals surface area (Å²) in [7, 11) is 0. The third kappa shape index (κ3) is 6.03. The molecule has 1 unspecified atom stereocenters. The van der Waals surface area contributed by atoms with Gasteiger partial charge in [0.25, 0.3) is 5.91 Å². The van der Waals surface area contributed by atoms with Gasteiger partial charge in [-0.3, -0.25) is 19.3 Å². The topological polar surface area (TPSA) is 81.8 Å². The van der Waals surface area contributed by atoms with Gasteiger partial charge in [0.1, 0.15) is 6.04 Å². The average Bonchev–Trinajstić information content (AvgIpc) is 3.29. The monoisotopic (exact) mass is 400 g/mol. The van der Waals surface area contributed by atoms with E-state index in [9.17, 15) is 14.4 Å². The van der Waals surface area contributed by atoms with E-state index in [2.05, 4.69) is 15.5 Å². The van der Waals surface area contributed by atoms with Gasteiger partial charge >= 0.3 is 0 Å². The lowest BCUT2D eigenvalue weighted by atomic mass is 10.1. The van der Waals surface area contributed by atoms with Crippen LogP contribution in [0.4, 0.5) is 0 Å². The highest BCUT2D eigenvalue weighted by Gasteiger charge is 2.29. The number of nitrogens with one attached hydrogen (secondary N) is 2. The molecule has 0 bridgehead atoms. The molecule has 29 heavy (non-hydrogen) atoms. The Kier molecular flexibility index (Phi) is 7.63. The van der Waals surface area contributed by atoms with Crippen molar-refractivity contribution in [1.82, 2.24) is 20.4 Å². The van der Waals surface area contributed by atoms with Crippen LogP contribution < -0.4 is 10.6 Å². The van der Waals surface area contributed by atoms with Gasteiger partial charge in [-0.15, -0.1) is 0 Å². The number of nitrogens with zero attached hydrogens (tertiary/aromatic N) is 2. The minimum atomic E-state index is -0.594. The Morgan fingerprint density at radius 3 is 2.34 bits per heavy atom. The largest absolute Gasteiger partial charge is 0.353 e. The van der Waals surface area contributed by atoms with E-state index in [0.29, 0.717) is 18.0 Å². The molecule has 1 atom stereocenters. The van der Waals surface area contributed by atoms with Crippen molar-refractivity contribution in [2.45, 2.75) is 38.6 Å². The molecule has 7 nitrogen and oxygen atoms in total. The maximum atomic E-state index is 12.5. The second kappa shape index (κ2) is 10.4. The zero-order valence-electron chi connectivity index (χ0n) is 17.2. The van der Waals surface area contributed by atoms with E-state index in [1.807, 2.05) is 11.0 Å². The van der Waals surface area contributed by atoms with Crippen LogP contribution in [0.3, 0.4) is 0 Å². The second-order valence-corrected chi connectivity index (χ2v) is 8.00. The number of piperazine rings is 1. The lowest BCUT2D eigenvalue weighted by Crippen LogP contribution is -2.52. The molecule has 1 saturated heterocycles. The van der Waals surface area contributed by atoms with Gasteiger partial charge in [0.2, 0.25) is 11.8 Å². The van der Waals surface area contributed by atoms with Gasteiger partial charge in [-0.25, -0.2) is 0 Å². The maximum absolute atomic E-state index is 12.5. The van der Waals surface area contributed by atoms with Crippen molar-refractivity contribution in [3.05, 3.63) is 35.9 Å². The molecule has 2 N–H and O–H groups in total. The second-order valence-electron chi connectivity index (χ2n) is 8.00. The average molecular weight is 401 g/mol. The highest BCUT2D eigenvalue weighted by molar-refractivity contribution is 5.97. The first-order valence-corrected chi connectivity index (χ1v) is 10.7. The standard InChI is InChI=1S/C22H32N4O3/c1-17(24-21(28)18-7-3-2-4-8-18)20(27)23-11-12-25-13-15-26(16-14-25)22(29)19-9-5-6-10-19/h2-4,7-8,17,19H,5-6,9-16H2,1H3,(H,23,27)(H,24,28). The van der Waals surface area contributed by atoms with E-state index in [4.69, 9.17) is 0 Å². The van der Waals surface area contributed by atoms with Crippen molar-refractivity contribution in [3.63, 3.8) is 0 Å². The van der Waals surface area contributed by atoms with E-state index < -0.39 is 6.04 Å². The molecule has 0 aromatic heterocycles. The summed E-state index contributed by atoms with van der Waals surface area (Å²) < 4.78 is 0. The maximum Gasteiger partial charge on any atom is 0.251 e. The summed E-state index contributed by atoms with van der Waals surface area (Å²) >= 11 is 0. The van der Waals surface area contributed by atoms with Crippen LogP contribution in [0, 0.1) is 5.92 Å². The molecule has 7 heteroatoms. The van der Waals surface area contributed by atoms with Crippen molar-refractivity contribution in [2.75, 3.05) is 39.3 Å². The third-order valence-electron chi connectivity index (χ3n) is 5.89. The molecule has 2 aliphatic rings. The van der Waals surface area contributed by atoms with Crippen LogP contribution >= 0.6 is 0 Å². The predicted molar refractivity (Wildman–Crippen MR) is 111 cm³/mol. The van der Waals surface area contributed by atoms with Crippen LogP contribution in [0.5, 0.6) is 0 Å². The van der Waals surface area contributed by atoms with Crippen molar-refractivity contribution in [2.24, 2.45) is 5.92 Å². The van der Waals surface area contributed by atoms with Gasteiger partial charge in [-0.2, -0.15) is 0 Å². The van der Waals surface area contributed by atoms with E-state index in [1.165, 1.54) is 12.8 Å². The molecule has 0 radical (unpaired) electrons. The van der Waals surface area contributed by atoms with Crippen molar-refractivity contribution >= 4 is 17.7 Å². The summed E-state index contributed by atoms with van der Waals surface area (Å²) in [6.07, 6.45) is 4.45. The Balaban J connectivity index is 1.32. The van der Waals surface area contributed by atoms with Crippen molar-refractivity contribution < 1.29 is 14.4 Å². The Morgan fingerprint density at radius 2 is 1.69 bits per heavy atom. The van der Waals surface area contributed by atoms with Crippen LogP contribution in [0.2, 0.25) is 0 Å². The number of benzene rings is 1. The summed E-state index contributed by atoms with van der Waals surface area (Å²) in [5.74, 6) is 0.132. The Bertz CT molecular complexity index is 695. The molecule has 1 saturated carbocycles. The molecule has 1 aliphatic carbocycles. The van der Waals surface area contributed by atoms with E-state index >= 15 is 0 Å². The Morgan fingerprint density at radius 1 is 1.03 bits per heavy atom. The molecule has 3 rings (SSSR count). The fourth-order valence-electron chi connectivity index (χ4n) is 4.05. The third-order valence-corrected chi connectivity index (χ3v) is 5.89. The quantitative estimate of drug-likeness (QED) is 0.722. The number of carbonyl (C=O) groups excluding carboxylic acids is 3. The molecule has 2 fully saturated rings. The summed E-state index contributed by atoms with van der Waals surface area (Å²) in [5, 5.41) is 5.61. The molecule has 1 aromatic rings. The smallest absolute Gasteiger partial charge is 0.251 e. The molecule has 3 amide bonds. The summed E-state index contributed by atoms with van der Waals surface area (Å²) in [6, 6.07) is 8.27. The number of rotatable bonds is 7. The fourth-order valence-corrected chi connectivity index (χ4v) is 4.05. The number of carbonyl (C=O) groups is 3. The predicted octanol–water partition coefficient (Wildman–Crippen LogP) is 1.26. The van der Waals surface area contributed by atoms with E-state index in [1.54, 1.807) is 31.2 Å². The number of amides is 3. The molecule has 1 aliphatic heterocycles. The molecular weight excluding hydrogens is 368 g/mol.